The molecule has 0 aliphatic rings. The van der Waals surface area contributed by atoms with Crippen molar-refractivity contribution >= 4 is 32.4 Å². The molecule has 0 saturated carbocycles. The molecule has 9 rings (SSSR count). The maximum Gasteiger partial charge on any atom is 0.163 e. The smallest absolute Gasteiger partial charge is 0.163 e. The average molecular weight is 672 g/mol. The molecule has 0 bridgehead atoms. The van der Waals surface area contributed by atoms with Crippen molar-refractivity contribution in [3.63, 3.8) is 0 Å². The Balaban J connectivity index is 1.43. The third-order valence-electron chi connectivity index (χ3n) is 10.1. The summed E-state index contributed by atoms with van der Waals surface area (Å²) in [5, 5.41) is 16.3. The minimum Gasteiger partial charge on any atom is -0.507 e. The van der Waals surface area contributed by atoms with Crippen LogP contribution in [0.3, 0.4) is 0 Å². The summed E-state index contributed by atoms with van der Waals surface area (Å²) in [7, 11) is 0. The van der Waals surface area contributed by atoms with Gasteiger partial charge in [0.2, 0.25) is 0 Å². The number of pyridine rings is 1. The Morgan fingerprint density at radius 1 is 0.519 bits per heavy atom. The van der Waals surface area contributed by atoms with Crippen LogP contribution in [0, 0.1) is 0 Å². The quantitative estimate of drug-likeness (QED) is 0.185. The predicted molar refractivity (Wildman–Crippen MR) is 216 cm³/mol. The van der Waals surface area contributed by atoms with Gasteiger partial charge in [0.1, 0.15) is 11.4 Å². The molecule has 2 aromatic heterocycles. The highest BCUT2D eigenvalue weighted by Crippen LogP contribution is 2.42. The van der Waals surface area contributed by atoms with Crippen LogP contribution in [-0.4, -0.2) is 19.6 Å². The standard InChI is InChI=1S/C48H37N3O/c1-48(2,3)40-29-41(49-45-39(40)28-27-34-21-13-26-43(52)44(34)45)47-50-42(38-25-12-20-31-19-10-11-22-35(31)38)30-51(47)46-36(32-15-6-4-7-16-32)23-14-24-37(46)33-17-8-5-9-18-33/h4-30,52H,1-3H3. The van der Waals surface area contributed by atoms with E-state index in [-0.39, 0.29) is 11.2 Å². The van der Waals surface area contributed by atoms with Gasteiger partial charge in [0.25, 0.3) is 0 Å². The average Bonchev–Trinajstić information content (AvgIpc) is 3.62. The van der Waals surface area contributed by atoms with Gasteiger partial charge >= 0.3 is 0 Å². The van der Waals surface area contributed by atoms with Gasteiger partial charge in [-0.1, -0.05) is 166 Å². The summed E-state index contributed by atoms with van der Waals surface area (Å²) in [6.45, 7) is 6.69. The Labute approximate surface area is 303 Å². The number of phenols is 1. The molecule has 2 heterocycles. The fourth-order valence-electron chi connectivity index (χ4n) is 7.59. The number of hydrogen-bond acceptors (Lipinski definition) is 3. The first kappa shape index (κ1) is 31.5. The molecule has 0 spiro atoms. The molecule has 0 atom stereocenters. The number of aromatic hydroxyl groups is 1. The zero-order chi connectivity index (χ0) is 35.4. The molecule has 0 fully saturated rings. The van der Waals surface area contributed by atoms with Crippen LogP contribution in [-0.2, 0) is 5.41 Å². The Bertz CT molecular complexity index is 2710. The summed E-state index contributed by atoms with van der Waals surface area (Å²) in [6, 6.07) is 54.6. The molecule has 0 saturated heterocycles. The number of phenolic OH excluding ortho intramolecular Hbond substituents is 1. The number of nitrogens with zero attached hydrogens (tertiary/aromatic N) is 3. The third kappa shape index (κ3) is 5.32. The van der Waals surface area contributed by atoms with Crippen molar-refractivity contribution < 1.29 is 5.11 Å². The highest BCUT2D eigenvalue weighted by atomic mass is 16.3. The molecule has 7 aromatic carbocycles. The van der Waals surface area contributed by atoms with E-state index in [4.69, 9.17) is 9.97 Å². The highest BCUT2D eigenvalue weighted by Gasteiger charge is 2.26. The number of aromatic nitrogens is 3. The topological polar surface area (TPSA) is 50.9 Å². The lowest BCUT2D eigenvalue weighted by molar-refractivity contribution is 0.482. The van der Waals surface area contributed by atoms with E-state index in [0.717, 1.165) is 88.7 Å². The van der Waals surface area contributed by atoms with Crippen molar-refractivity contribution in [1.82, 2.24) is 14.5 Å². The molecule has 0 aliphatic heterocycles. The second-order valence-corrected chi connectivity index (χ2v) is 14.4. The van der Waals surface area contributed by atoms with Crippen LogP contribution < -0.4 is 0 Å². The van der Waals surface area contributed by atoms with Gasteiger partial charge < -0.3 is 5.11 Å². The fourth-order valence-corrected chi connectivity index (χ4v) is 7.59. The normalized spacial score (nSPS) is 11.8. The molecule has 0 radical (unpaired) electrons. The third-order valence-corrected chi connectivity index (χ3v) is 10.1. The van der Waals surface area contributed by atoms with Gasteiger partial charge in [-0.15, -0.1) is 0 Å². The molecule has 1 N–H and O–H groups in total. The number of hydrogen-bond donors (Lipinski definition) is 1. The molecular formula is C48H37N3O. The lowest BCUT2D eigenvalue weighted by Crippen LogP contribution is -2.13. The molecular weight excluding hydrogens is 635 g/mol. The molecule has 0 unspecified atom stereocenters. The SMILES string of the molecule is CC(C)(C)c1cc(-c2nc(-c3cccc4ccccc34)cn2-c2c(-c3ccccc3)cccc2-c2ccccc2)nc2c1ccc1cccc(O)c12. The van der Waals surface area contributed by atoms with E-state index in [1.807, 2.05) is 12.1 Å². The highest BCUT2D eigenvalue weighted by molar-refractivity contribution is 6.10. The Hall–Kier alpha value is -6.52. The Kier molecular flexibility index (Phi) is 7.48. The van der Waals surface area contributed by atoms with Gasteiger partial charge in [0, 0.05) is 33.7 Å². The zero-order valence-electron chi connectivity index (χ0n) is 29.4. The summed E-state index contributed by atoms with van der Waals surface area (Å²) in [6.07, 6.45) is 2.18. The van der Waals surface area contributed by atoms with E-state index < -0.39 is 0 Å². The van der Waals surface area contributed by atoms with Crippen molar-refractivity contribution in [1.29, 1.82) is 0 Å². The molecule has 0 amide bonds. The minimum absolute atomic E-state index is 0.216. The van der Waals surface area contributed by atoms with Crippen molar-refractivity contribution in [2.24, 2.45) is 0 Å². The molecule has 0 aliphatic carbocycles. The van der Waals surface area contributed by atoms with Crippen molar-refractivity contribution in [3.05, 3.63) is 169 Å². The van der Waals surface area contributed by atoms with Crippen LogP contribution >= 0.6 is 0 Å². The summed E-state index contributed by atoms with van der Waals surface area (Å²) in [4.78, 5) is 10.9. The van der Waals surface area contributed by atoms with Crippen molar-refractivity contribution in [3.8, 4) is 56.5 Å². The fraction of sp³-hybridized carbons (Fsp3) is 0.0833. The van der Waals surface area contributed by atoms with E-state index in [9.17, 15) is 5.11 Å². The van der Waals surface area contributed by atoms with Crippen LogP contribution in [0.15, 0.2) is 164 Å². The number of imidazole rings is 1. The first-order valence-electron chi connectivity index (χ1n) is 17.7. The zero-order valence-corrected chi connectivity index (χ0v) is 29.4. The van der Waals surface area contributed by atoms with E-state index in [2.05, 4.69) is 171 Å². The minimum atomic E-state index is -0.221. The summed E-state index contributed by atoms with van der Waals surface area (Å²) in [5.74, 6) is 0.941. The molecule has 52 heavy (non-hydrogen) atoms. The van der Waals surface area contributed by atoms with Crippen LogP contribution in [0.4, 0.5) is 0 Å². The van der Waals surface area contributed by atoms with E-state index in [1.54, 1.807) is 6.07 Å². The second-order valence-electron chi connectivity index (χ2n) is 14.4. The monoisotopic (exact) mass is 671 g/mol. The first-order valence-corrected chi connectivity index (χ1v) is 17.7. The van der Waals surface area contributed by atoms with Gasteiger partial charge in [0.15, 0.2) is 5.82 Å². The molecule has 4 heteroatoms. The summed E-state index contributed by atoms with van der Waals surface area (Å²) < 4.78 is 2.24. The van der Waals surface area contributed by atoms with Crippen LogP contribution in [0.25, 0.3) is 83.2 Å². The van der Waals surface area contributed by atoms with Crippen molar-refractivity contribution in [2.75, 3.05) is 0 Å². The van der Waals surface area contributed by atoms with Gasteiger partial charge in [-0.25, -0.2) is 9.97 Å². The van der Waals surface area contributed by atoms with Gasteiger partial charge in [0.05, 0.1) is 16.9 Å². The van der Waals surface area contributed by atoms with Crippen LogP contribution in [0.2, 0.25) is 0 Å². The number of para-hydroxylation sites is 1. The Morgan fingerprint density at radius 2 is 1.12 bits per heavy atom. The van der Waals surface area contributed by atoms with Gasteiger partial charge in [-0.2, -0.15) is 0 Å². The van der Waals surface area contributed by atoms with E-state index in [0.29, 0.717) is 0 Å². The number of benzene rings is 7. The van der Waals surface area contributed by atoms with Crippen LogP contribution in [0.1, 0.15) is 26.3 Å². The van der Waals surface area contributed by atoms with Crippen LogP contribution in [0.5, 0.6) is 5.75 Å². The van der Waals surface area contributed by atoms with E-state index in [1.165, 1.54) is 0 Å². The number of rotatable bonds is 5. The summed E-state index contributed by atoms with van der Waals surface area (Å²) in [5.41, 5.74) is 9.74. The van der Waals surface area contributed by atoms with E-state index >= 15 is 0 Å². The predicted octanol–water partition coefficient (Wildman–Crippen LogP) is 12.4. The lowest BCUT2D eigenvalue weighted by atomic mass is 9.83. The maximum absolute atomic E-state index is 11.3. The lowest BCUT2D eigenvalue weighted by Gasteiger charge is -2.23. The molecule has 9 aromatic rings. The van der Waals surface area contributed by atoms with Crippen molar-refractivity contribution in [2.45, 2.75) is 26.2 Å². The second kappa shape index (κ2) is 12.4. The number of fused-ring (bicyclic) bond motifs is 4. The van der Waals surface area contributed by atoms with Gasteiger partial charge in [-0.05, 0) is 50.4 Å². The largest absolute Gasteiger partial charge is 0.507 e. The Morgan fingerprint density at radius 3 is 1.83 bits per heavy atom. The van der Waals surface area contributed by atoms with Gasteiger partial charge in [-0.3, -0.25) is 4.57 Å². The summed E-state index contributed by atoms with van der Waals surface area (Å²) >= 11 is 0. The maximum atomic E-state index is 11.3. The first-order chi connectivity index (χ1) is 25.3. The molecule has 250 valence electrons. The molecule has 4 nitrogen and oxygen atoms in total.